The maximum Gasteiger partial charge on any atom is 0.303 e. The minimum atomic E-state index is -1.01. The Morgan fingerprint density at radius 1 is 0.917 bits per heavy atom. The van der Waals surface area contributed by atoms with Gasteiger partial charge >= 0.3 is 5.97 Å². The molecule has 3 aromatic carbocycles. The largest absolute Gasteiger partial charge is 0.497 e. The smallest absolute Gasteiger partial charge is 0.303 e. The van der Waals surface area contributed by atoms with Gasteiger partial charge in [0.1, 0.15) is 11.5 Å². The average molecular weight is 509 g/mol. The fourth-order valence-electron chi connectivity index (χ4n) is 3.37. The fourth-order valence-corrected chi connectivity index (χ4v) is 4.32. The van der Waals surface area contributed by atoms with Gasteiger partial charge < -0.3 is 25.2 Å². The van der Waals surface area contributed by atoms with Gasteiger partial charge in [-0.1, -0.05) is 24.3 Å². The molecule has 0 atom stereocenters. The molecule has 0 bridgehead atoms. The van der Waals surface area contributed by atoms with Gasteiger partial charge in [-0.15, -0.1) is 11.8 Å². The zero-order chi connectivity index (χ0) is 25.9. The monoisotopic (exact) mass is 508 g/mol. The Labute approximate surface area is 214 Å². The number of para-hydroxylation sites is 1. The second-order valence-corrected chi connectivity index (χ2v) is 8.80. The van der Waals surface area contributed by atoms with Gasteiger partial charge in [0, 0.05) is 40.8 Å². The molecule has 3 N–H and O–H groups in total. The van der Waals surface area contributed by atoms with Crippen LogP contribution >= 0.6 is 11.8 Å². The Bertz CT molecular complexity index is 1230. The molecule has 188 valence electrons. The van der Waals surface area contributed by atoms with Crippen molar-refractivity contribution in [1.82, 2.24) is 5.32 Å². The minimum absolute atomic E-state index is 0.0894. The Morgan fingerprint density at radius 2 is 1.72 bits per heavy atom. The number of carbonyl (C=O) groups excluding carboxylic acids is 2. The van der Waals surface area contributed by atoms with Crippen molar-refractivity contribution in [3.63, 3.8) is 0 Å². The summed E-state index contributed by atoms with van der Waals surface area (Å²) in [6.07, 6.45) is -0.310. The van der Waals surface area contributed by atoms with Crippen molar-refractivity contribution < 1.29 is 29.0 Å². The van der Waals surface area contributed by atoms with E-state index in [1.54, 1.807) is 38.5 Å². The molecule has 0 aliphatic heterocycles. The first kappa shape index (κ1) is 26.6. The van der Waals surface area contributed by atoms with Crippen molar-refractivity contribution >= 4 is 35.2 Å². The number of anilines is 1. The van der Waals surface area contributed by atoms with E-state index in [2.05, 4.69) is 10.6 Å². The third-order valence-electron chi connectivity index (χ3n) is 5.24. The van der Waals surface area contributed by atoms with E-state index in [1.807, 2.05) is 42.5 Å². The summed E-state index contributed by atoms with van der Waals surface area (Å²) < 4.78 is 10.6. The summed E-state index contributed by atoms with van der Waals surface area (Å²) in [5.41, 5.74) is 2.94. The molecular weight excluding hydrogens is 480 g/mol. The number of rotatable bonds is 12. The van der Waals surface area contributed by atoms with Crippen LogP contribution in [0.3, 0.4) is 0 Å². The highest BCUT2D eigenvalue weighted by atomic mass is 32.2. The third kappa shape index (κ3) is 7.78. The van der Waals surface area contributed by atoms with Crippen molar-refractivity contribution in [2.45, 2.75) is 30.0 Å². The van der Waals surface area contributed by atoms with Gasteiger partial charge in [0.2, 0.25) is 5.91 Å². The van der Waals surface area contributed by atoms with E-state index in [4.69, 9.17) is 14.6 Å². The molecule has 0 heterocycles. The van der Waals surface area contributed by atoms with Crippen molar-refractivity contribution in [2.24, 2.45) is 0 Å². The first-order chi connectivity index (χ1) is 17.4. The first-order valence-electron chi connectivity index (χ1n) is 11.2. The molecule has 0 aliphatic rings. The number of aliphatic carboxylic acids is 1. The molecule has 2 amide bonds. The zero-order valence-corrected chi connectivity index (χ0v) is 20.9. The van der Waals surface area contributed by atoms with Crippen LogP contribution in [0, 0.1) is 0 Å². The van der Waals surface area contributed by atoms with Gasteiger partial charge in [-0.3, -0.25) is 14.4 Å². The van der Waals surface area contributed by atoms with Gasteiger partial charge in [-0.25, -0.2) is 0 Å². The molecule has 0 unspecified atom stereocenters. The van der Waals surface area contributed by atoms with E-state index in [9.17, 15) is 14.4 Å². The molecule has 0 saturated heterocycles. The van der Waals surface area contributed by atoms with Gasteiger partial charge in [0.25, 0.3) is 5.91 Å². The zero-order valence-electron chi connectivity index (χ0n) is 20.1. The Hall–Kier alpha value is -3.98. The topological polar surface area (TPSA) is 114 Å². The molecule has 8 nitrogen and oxygen atoms in total. The molecule has 0 fully saturated rings. The molecule has 0 aromatic heterocycles. The Morgan fingerprint density at radius 3 is 2.47 bits per heavy atom. The first-order valence-corrected chi connectivity index (χ1v) is 12.2. The number of methoxy groups -OCH3 is 2. The van der Waals surface area contributed by atoms with Crippen LogP contribution in [0.25, 0.3) is 0 Å². The summed E-state index contributed by atoms with van der Waals surface area (Å²) >= 11 is 1.51. The Kier molecular flexibility index (Phi) is 9.76. The second-order valence-electron chi connectivity index (χ2n) is 7.79. The van der Waals surface area contributed by atoms with Crippen LogP contribution in [0.4, 0.5) is 5.69 Å². The highest BCUT2D eigenvalue weighted by molar-refractivity contribution is 7.98. The van der Waals surface area contributed by atoms with Crippen LogP contribution in [0.1, 0.15) is 34.3 Å². The lowest BCUT2D eigenvalue weighted by atomic mass is 10.1. The van der Waals surface area contributed by atoms with Crippen molar-refractivity contribution in [3.8, 4) is 11.5 Å². The minimum Gasteiger partial charge on any atom is -0.497 e. The van der Waals surface area contributed by atoms with Crippen LogP contribution in [-0.4, -0.2) is 37.1 Å². The number of carboxylic acids is 1. The lowest BCUT2D eigenvalue weighted by Crippen LogP contribution is -2.23. The van der Waals surface area contributed by atoms with Crippen LogP contribution in [0.15, 0.2) is 71.6 Å². The number of nitrogens with one attached hydrogen (secondary N) is 2. The number of ether oxygens (including phenoxy) is 2. The molecule has 3 rings (SSSR count). The molecule has 0 saturated carbocycles. The third-order valence-corrected chi connectivity index (χ3v) is 6.39. The van der Waals surface area contributed by atoms with Crippen molar-refractivity contribution in [3.05, 3.63) is 83.4 Å². The number of thioether (sulfide) groups is 1. The van der Waals surface area contributed by atoms with Gasteiger partial charge in [-0.2, -0.15) is 0 Å². The van der Waals surface area contributed by atoms with E-state index in [0.717, 1.165) is 16.0 Å². The van der Waals surface area contributed by atoms with Crippen molar-refractivity contribution in [1.29, 1.82) is 0 Å². The molecule has 0 radical (unpaired) electrons. The Balaban J connectivity index is 1.61. The van der Waals surface area contributed by atoms with Gasteiger partial charge in [-0.05, 0) is 42.0 Å². The van der Waals surface area contributed by atoms with Crippen LogP contribution in [0.5, 0.6) is 11.5 Å². The summed E-state index contributed by atoms with van der Waals surface area (Å²) in [7, 11) is 3.15. The standard InChI is InChI=1S/C27H28N2O6S/c1-34-21-11-10-20(23(15-21)35-2)16-28-27(33)19-7-5-6-18(14-19)17-36-24-9-4-3-8-22(24)29-25(30)12-13-26(31)32/h3-11,14-15H,12-13,16-17H2,1-2H3,(H,28,33)(H,29,30)(H,31,32). The van der Waals surface area contributed by atoms with Crippen LogP contribution in [0.2, 0.25) is 0 Å². The highest BCUT2D eigenvalue weighted by Gasteiger charge is 2.12. The summed E-state index contributed by atoms with van der Waals surface area (Å²) in [4.78, 5) is 36.4. The summed E-state index contributed by atoms with van der Waals surface area (Å²) in [5.74, 6) is 0.320. The quantitative estimate of drug-likeness (QED) is 0.303. The predicted molar refractivity (Wildman–Crippen MR) is 139 cm³/mol. The van der Waals surface area contributed by atoms with Crippen LogP contribution < -0.4 is 20.1 Å². The summed E-state index contributed by atoms with van der Waals surface area (Å²) in [6, 6.07) is 20.1. The molecule has 9 heteroatoms. The molecule has 36 heavy (non-hydrogen) atoms. The number of carboxylic acid groups (broad SMARTS) is 1. The molecule has 0 aliphatic carbocycles. The highest BCUT2D eigenvalue weighted by Crippen LogP contribution is 2.30. The van der Waals surface area contributed by atoms with E-state index >= 15 is 0 Å². The lowest BCUT2D eigenvalue weighted by molar-refractivity contribution is -0.138. The van der Waals surface area contributed by atoms with Crippen LogP contribution in [-0.2, 0) is 21.9 Å². The van der Waals surface area contributed by atoms with E-state index in [0.29, 0.717) is 35.0 Å². The predicted octanol–water partition coefficient (Wildman–Crippen LogP) is 4.73. The maximum atomic E-state index is 12.8. The molecule has 3 aromatic rings. The SMILES string of the molecule is COc1ccc(CNC(=O)c2cccc(CSc3ccccc3NC(=O)CCC(=O)O)c2)c(OC)c1. The second kappa shape index (κ2) is 13.2. The van der Waals surface area contributed by atoms with Crippen molar-refractivity contribution in [2.75, 3.05) is 19.5 Å². The summed E-state index contributed by atoms with van der Waals surface area (Å²) in [6.45, 7) is 0.305. The number of amides is 2. The fraction of sp³-hybridized carbons (Fsp3) is 0.222. The maximum absolute atomic E-state index is 12.8. The van der Waals surface area contributed by atoms with Gasteiger partial charge in [0.15, 0.2) is 0 Å². The number of carbonyl (C=O) groups is 3. The summed E-state index contributed by atoms with van der Waals surface area (Å²) in [5, 5.41) is 14.5. The molecule has 0 spiro atoms. The van der Waals surface area contributed by atoms with E-state index in [1.165, 1.54) is 11.8 Å². The normalized spacial score (nSPS) is 10.4. The van der Waals surface area contributed by atoms with E-state index in [-0.39, 0.29) is 24.7 Å². The number of hydrogen-bond acceptors (Lipinski definition) is 6. The number of hydrogen-bond donors (Lipinski definition) is 3. The lowest BCUT2D eigenvalue weighted by Gasteiger charge is -2.12. The number of benzene rings is 3. The van der Waals surface area contributed by atoms with E-state index < -0.39 is 5.97 Å². The van der Waals surface area contributed by atoms with Gasteiger partial charge in [0.05, 0.1) is 26.3 Å². The molecular formula is C27H28N2O6S. The average Bonchev–Trinajstić information content (AvgIpc) is 2.90.